The van der Waals surface area contributed by atoms with Gasteiger partial charge in [-0.25, -0.2) is 4.98 Å². The molecule has 4 heteroatoms. The number of nitrogens with one attached hydrogen (secondary N) is 1. The highest BCUT2D eigenvalue weighted by molar-refractivity contribution is 5.59. The molecule has 4 nitrogen and oxygen atoms in total. The summed E-state index contributed by atoms with van der Waals surface area (Å²) in [5.41, 5.74) is 2.15. The number of aryl methyl sites for hydroxylation is 1. The SMILES string of the molecule is CCc1nc(C(C)NC2CCCC3OCCC23)oc1-c1ccccc1. The van der Waals surface area contributed by atoms with Gasteiger partial charge in [-0.05, 0) is 39.0 Å². The molecule has 2 aromatic rings. The Kier molecular flexibility index (Phi) is 4.91. The molecule has 2 aliphatic rings. The quantitative estimate of drug-likeness (QED) is 0.870. The van der Waals surface area contributed by atoms with Crippen molar-refractivity contribution >= 4 is 0 Å². The van der Waals surface area contributed by atoms with E-state index in [0.29, 0.717) is 18.1 Å². The van der Waals surface area contributed by atoms with Crippen LogP contribution < -0.4 is 5.32 Å². The summed E-state index contributed by atoms with van der Waals surface area (Å²) in [4.78, 5) is 4.80. The van der Waals surface area contributed by atoms with Crippen LogP contribution in [-0.4, -0.2) is 23.7 Å². The van der Waals surface area contributed by atoms with Crippen LogP contribution in [0.5, 0.6) is 0 Å². The first kappa shape index (κ1) is 16.8. The molecule has 2 fully saturated rings. The lowest BCUT2D eigenvalue weighted by Crippen LogP contribution is -2.44. The Morgan fingerprint density at radius 1 is 1.20 bits per heavy atom. The minimum atomic E-state index is 0.118. The fraction of sp³-hybridized carbons (Fsp3) is 0.571. The van der Waals surface area contributed by atoms with Gasteiger partial charge >= 0.3 is 0 Å². The molecule has 0 bridgehead atoms. The molecule has 1 saturated carbocycles. The van der Waals surface area contributed by atoms with Crippen molar-refractivity contribution in [3.63, 3.8) is 0 Å². The van der Waals surface area contributed by atoms with Gasteiger partial charge in [-0.15, -0.1) is 0 Å². The van der Waals surface area contributed by atoms with E-state index in [2.05, 4.69) is 31.3 Å². The lowest BCUT2D eigenvalue weighted by Gasteiger charge is -2.34. The maximum absolute atomic E-state index is 6.20. The average molecular weight is 340 g/mol. The molecular formula is C21H28N2O2. The Morgan fingerprint density at radius 2 is 2.04 bits per heavy atom. The maximum atomic E-state index is 6.20. The van der Waals surface area contributed by atoms with E-state index in [1.807, 2.05) is 18.2 Å². The van der Waals surface area contributed by atoms with E-state index in [-0.39, 0.29) is 6.04 Å². The number of benzene rings is 1. The van der Waals surface area contributed by atoms with Crippen LogP contribution >= 0.6 is 0 Å². The lowest BCUT2D eigenvalue weighted by atomic mass is 9.81. The zero-order valence-corrected chi connectivity index (χ0v) is 15.2. The van der Waals surface area contributed by atoms with Gasteiger partial charge in [0.05, 0.1) is 17.8 Å². The van der Waals surface area contributed by atoms with Gasteiger partial charge in [0.25, 0.3) is 0 Å². The van der Waals surface area contributed by atoms with Crippen LogP contribution in [0.25, 0.3) is 11.3 Å². The Bertz CT molecular complexity index is 697. The van der Waals surface area contributed by atoms with Crippen LogP contribution in [0.4, 0.5) is 0 Å². The summed E-state index contributed by atoms with van der Waals surface area (Å²) in [6.45, 7) is 5.21. The van der Waals surface area contributed by atoms with E-state index in [1.165, 1.54) is 25.7 Å². The number of nitrogens with zero attached hydrogens (tertiary/aromatic N) is 1. The van der Waals surface area contributed by atoms with Crippen molar-refractivity contribution < 1.29 is 9.15 Å². The molecule has 1 aliphatic heterocycles. The number of rotatable bonds is 5. The van der Waals surface area contributed by atoms with Crippen molar-refractivity contribution in [2.75, 3.05) is 6.61 Å². The second kappa shape index (κ2) is 7.30. The minimum Gasteiger partial charge on any atom is -0.439 e. The Balaban J connectivity index is 1.52. The molecule has 1 aromatic carbocycles. The first-order valence-electron chi connectivity index (χ1n) is 9.69. The largest absolute Gasteiger partial charge is 0.439 e. The normalized spacial score (nSPS) is 27.2. The van der Waals surface area contributed by atoms with E-state index in [9.17, 15) is 0 Å². The topological polar surface area (TPSA) is 47.3 Å². The molecule has 1 N–H and O–H groups in total. The number of oxazole rings is 1. The van der Waals surface area contributed by atoms with Gasteiger partial charge in [-0.3, -0.25) is 0 Å². The summed E-state index contributed by atoms with van der Waals surface area (Å²) in [7, 11) is 0. The van der Waals surface area contributed by atoms with Crippen molar-refractivity contribution in [1.29, 1.82) is 0 Å². The van der Waals surface area contributed by atoms with Crippen molar-refractivity contribution in [3.05, 3.63) is 41.9 Å². The maximum Gasteiger partial charge on any atom is 0.212 e. The molecule has 1 aromatic heterocycles. The third kappa shape index (κ3) is 3.38. The molecular weight excluding hydrogens is 312 g/mol. The molecule has 4 rings (SSSR count). The zero-order valence-electron chi connectivity index (χ0n) is 15.2. The molecule has 1 saturated heterocycles. The molecule has 0 radical (unpaired) electrons. The highest BCUT2D eigenvalue weighted by Crippen LogP contribution is 2.36. The van der Waals surface area contributed by atoms with Crippen LogP contribution in [0.15, 0.2) is 34.7 Å². The van der Waals surface area contributed by atoms with Crippen molar-refractivity contribution in [2.24, 2.45) is 5.92 Å². The van der Waals surface area contributed by atoms with Crippen LogP contribution in [0.1, 0.15) is 57.2 Å². The molecule has 4 atom stereocenters. The van der Waals surface area contributed by atoms with Gasteiger partial charge in [-0.2, -0.15) is 0 Å². The molecule has 4 unspecified atom stereocenters. The lowest BCUT2D eigenvalue weighted by molar-refractivity contribution is 0.0508. The highest BCUT2D eigenvalue weighted by Gasteiger charge is 2.38. The van der Waals surface area contributed by atoms with Crippen LogP contribution in [0.3, 0.4) is 0 Å². The molecule has 2 heterocycles. The Labute approximate surface area is 150 Å². The summed E-state index contributed by atoms with van der Waals surface area (Å²) in [5.74, 6) is 2.36. The number of fused-ring (bicyclic) bond motifs is 1. The number of ether oxygens (including phenoxy) is 1. The first-order valence-corrected chi connectivity index (χ1v) is 9.69. The summed E-state index contributed by atoms with van der Waals surface area (Å²) in [5, 5.41) is 3.79. The molecule has 0 amide bonds. The van der Waals surface area contributed by atoms with Crippen LogP contribution in [0, 0.1) is 5.92 Å². The fourth-order valence-electron chi connectivity index (χ4n) is 4.39. The summed E-state index contributed by atoms with van der Waals surface area (Å²) in [6.07, 6.45) is 6.19. The number of hydrogen-bond donors (Lipinski definition) is 1. The second-order valence-electron chi connectivity index (χ2n) is 7.34. The highest BCUT2D eigenvalue weighted by atomic mass is 16.5. The van der Waals surface area contributed by atoms with E-state index >= 15 is 0 Å². The van der Waals surface area contributed by atoms with Gasteiger partial charge in [-0.1, -0.05) is 37.3 Å². The van der Waals surface area contributed by atoms with Gasteiger partial charge in [0.2, 0.25) is 5.89 Å². The smallest absolute Gasteiger partial charge is 0.212 e. The van der Waals surface area contributed by atoms with Gasteiger partial charge < -0.3 is 14.5 Å². The van der Waals surface area contributed by atoms with Crippen molar-refractivity contribution in [3.8, 4) is 11.3 Å². The van der Waals surface area contributed by atoms with Gasteiger partial charge in [0.1, 0.15) is 0 Å². The Morgan fingerprint density at radius 3 is 2.84 bits per heavy atom. The molecule has 1 aliphatic carbocycles. The summed E-state index contributed by atoms with van der Waals surface area (Å²) < 4.78 is 12.1. The first-order chi connectivity index (χ1) is 12.3. The zero-order chi connectivity index (χ0) is 17.2. The van der Waals surface area contributed by atoms with Crippen molar-refractivity contribution in [1.82, 2.24) is 10.3 Å². The average Bonchev–Trinajstić information content (AvgIpc) is 3.30. The van der Waals surface area contributed by atoms with E-state index < -0.39 is 0 Å². The van der Waals surface area contributed by atoms with Crippen LogP contribution in [-0.2, 0) is 11.2 Å². The summed E-state index contributed by atoms with van der Waals surface area (Å²) >= 11 is 0. The molecule has 134 valence electrons. The van der Waals surface area contributed by atoms with E-state index in [0.717, 1.165) is 35.9 Å². The van der Waals surface area contributed by atoms with Crippen molar-refractivity contribution in [2.45, 2.75) is 64.1 Å². The number of aromatic nitrogens is 1. The molecule has 0 spiro atoms. The van der Waals surface area contributed by atoms with Gasteiger partial charge in [0.15, 0.2) is 5.76 Å². The monoisotopic (exact) mass is 340 g/mol. The van der Waals surface area contributed by atoms with E-state index in [4.69, 9.17) is 14.1 Å². The Hall–Kier alpha value is -1.65. The molecule has 25 heavy (non-hydrogen) atoms. The van der Waals surface area contributed by atoms with Gasteiger partial charge in [0, 0.05) is 24.1 Å². The minimum absolute atomic E-state index is 0.118. The van der Waals surface area contributed by atoms with E-state index in [1.54, 1.807) is 0 Å². The fourth-order valence-corrected chi connectivity index (χ4v) is 4.39. The predicted octanol–water partition coefficient (Wildman–Crippen LogP) is 4.51. The third-order valence-corrected chi connectivity index (χ3v) is 5.70. The van der Waals surface area contributed by atoms with Crippen LogP contribution in [0.2, 0.25) is 0 Å². The summed E-state index contributed by atoms with van der Waals surface area (Å²) in [6, 6.07) is 10.9. The number of hydrogen-bond acceptors (Lipinski definition) is 4. The predicted molar refractivity (Wildman–Crippen MR) is 98.4 cm³/mol. The second-order valence-corrected chi connectivity index (χ2v) is 7.34. The standard InChI is InChI=1S/C21H28N2O2/c1-3-17-20(15-8-5-4-6-9-15)25-21(23-17)14(2)22-18-10-7-11-19-16(18)12-13-24-19/h4-6,8-9,14,16,18-19,22H,3,7,10-13H2,1-2H3. The third-order valence-electron chi connectivity index (χ3n) is 5.70.